The minimum atomic E-state index is -3.83. The number of aldehydes is 1. The van der Waals surface area contributed by atoms with Crippen molar-refractivity contribution in [2.45, 2.75) is 9.79 Å². The fourth-order valence-electron chi connectivity index (χ4n) is 2.56. The van der Waals surface area contributed by atoms with Crippen LogP contribution in [-0.4, -0.2) is 14.7 Å². The Bertz CT molecular complexity index is 1120. The summed E-state index contributed by atoms with van der Waals surface area (Å²) in [6.45, 7) is 0. The number of benzene rings is 3. The maximum absolute atomic E-state index is 13.7. The second kappa shape index (κ2) is 7.63. The highest BCUT2D eigenvalue weighted by Crippen LogP contribution is 2.25. The number of rotatable bonds is 5. The molecule has 0 unspecified atom stereocenters. The maximum Gasteiger partial charge on any atom is 0.207 e. The number of halogens is 2. The van der Waals surface area contributed by atoms with Gasteiger partial charge in [0.15, 0.2) is 6.29 Å². The van der Waals surface area contributed by atoms with E-state index in [9.17, 15) is 22.0 Å². The smallest absolute Gasteiger partial charge is 0.207 e. The summed E-state index contributed by atoms with van der Waals surface area (Å²) in [6, 6.07) is 15.3. The third-order valence-corrected chi connectivity index (χ3v) is 5.77. The fraction of sp³-hybridized carbons (Fsp3) is 0. The first-order valence-electron chi connectivity index (χ1n) is 7.94. The van der Waals surface area contributed by atoms with Gasteiger partial charge in [-0.1, -0.05) is 36.4 Å². The lowest BCUT2D eigenvalue weighted by atomic mass is 10.1. The molecule has 0 bridgehead atoms. The van der Waals surface area contributed by atoms with Gasteiger partial charge in [0.25, 0.3) is 0 Å². The molecule has 6 heteroatoms. The summed E-state index contributed by atoms with van der Waals surface area (Å²) in [6.07, 6.45) is 3.40. The minimum absolute atomic E-state index is 0.000538. The van der Waals surface area contributed by atoms with Crippen molar-refractivity contribution in [3.8, 4) is 0 Å². The van der Waals surface area contributed by atoms with E-state index in [-0.39, 0.29) is 20.9 Å². The molecule has 0 N–H and O–H groups in total. The number of carbonyl (C=O) groups is 1. The van der Waals surface area contributed by atoms with Crippen molar-refractivity contribution in [1.82, 2.24) is 0 Å². The third-order valence-electron chi connectivity index (χ3n) is 3.92. The molecule has 3 aromatic rings. The number of hydrogen-bond donors (Lipinski definition) is 0. The summed E-state index contributed by atoms with van der Waals surface area (Å²) < 4.78 is 52.1. The molecule has 0 radical (unpaired) electrons. The minimum Gasteiger partial charge on any atom is -0.298 e. The van der Waals surface area contributed by atoms with Crippen LogP contribution >= 0.6 is 0 Å². The lowest BCUT2D eigenvalue weighted by Crippen LogP contribution is -2.05. The van der Waals surface area contributed by atoms with Gasteiger partial charge in [-0.05, 0) is 42.0 Å². The zero-order valence-corrected chi connectivity index (χ0v) is 14.8. The van der Waals surface area contributed by atoms with Crippen LogP contribution in [-0.2, 0) is 9.84 Å². The molecule has 0 saturated heterocycles. The Morgan fingerprint density at radius 2 is 1.52 bits per heavy atom. The van der Waals surface area contributed by atoms with E-state index in [0.717, 1.165) is 12.1 Å². The van der Waals surface area contributed by atoms with Gasteiger partial charge < -0.3 is 0 Å². The van der Waals surface area contributed by atoms with Gasteiger partial charge in [0.05, 0.1) is 9.79 Å². The molecule has 0 spiro atoms. The normalized spacial score (nSPS) is 11.6. The van der Waals surface area contributed by atoms with Gasteiger partial charge >= 0.3 is 0 Å². The first-order chi connectivity index (χ1) is 12.9. The van der Waals surface area contributed by atoms with Gasteiger partial charge in [-0.3, -0.25) is 4.79 Å². The Morgan fingerprint density at radius 1 is 0.778 bits per heavy atom. The third kappa shape index (κ3) is 4.01. The highest BCUT2D eigenvalue weighted by molar-refractivity contribution is 7.91. The molecule has 0 fully saturated rings. The summed E-state index contributed by atoms with van der Waals surface area (Å²) in [5, 5.41) is 0. The Morgan fingerprint density at radius 3 is 2.19 bits per heavy atom. The van der Waals surface area contributed by atoms with Crippen molar-refractivity contribution >= 4 is 28.3 Å². The number of hydrogen-bond acceptors (Lipinski definition) is 3. The molecule has 3 aromatic carbocycles. The summed E-state index contributed by atoms with van der Waals surface area (Å²) in [5.74, 6) is -1.39. The molecule has 0 aliphatic rings. The van der Waals surface area contributed by atoms with Crippen LogP contribution in [0.1, 0.15) is 21.5 Å². The molecule has 3 nitrogen and oxygen atoms in total. The van der Waals surface area contributed by atoms with E-state index in [1.807, 2.05) is 0 Å². The van der Waals surface area contributed by atoms with Crippen molar-refractivity contribution in [1.29, 1.82) is 0 Å². The van der Waals surface area contributed by atoms with Gasteiger partial charge in [0.2, 0.25) is 9.84 Å². The highest BCUT2D eigenvalue weighted by Gasteiger charge is 2.20. The van der Waals surface area contributed by atoms with Crippen LogP contribution in [0.3, 0.4) is 0 Å². The molecule has 0 aromatic heterocycles. The highest BCUT2D eigenvalue weighted by atomic mass is 32.2. The van der Waals surface area contributed by atoms with Crippen LogP contribution in [0.4, 0.5) is 8.78 Å². The van der Waals surface area contributed by atoms with Gasteiger partial charge in [0, 0.05) is 17.2 Å². The molecular formula is C21H14F2O3S. The van der Waals surface area contributed by atoms with E-state index in [2.05, 4.69) is 0 Å². The molecular weight excluding hydrogens is 370 g/mol. The summed E-state index contributed by atoms with van der Waals surface area (Å²) in [5.41, 5.74) is 0.679. The molecule has 3 rings (SSSR count). The summed E-state index contributed by atoms with van der Waals surface area (Å²) in [7, 11) is -3.83. The topological polar surface area (TPSA) is 51.2 Å². The lowest BCUT2D eigenvalue weighted by Gasteiger charge is -2.08. The molecule has 0 aliphatic heterocycles. The maximum atomic E-state index is 13.7. The molecule has 0 atom stereocenters. The Hall–Kier alpha value is -3.12. The predicted octanol–water partition coefficient (Wildman–Crippen LogP) is 4.78. The lowest BCUT2D eigenvalue weighted by molar-refractivity contribution is 0.112. The van der Waals surface area contributed by atoms with Crippen molar-refractivity contribution in [3.05, 3.63) is 95.1 Å². The molecule has 0 saturated carbocycles. The summed E-state index contributed by atoms with van der Waals surface area (Å²) in [4.78, 5) is 11.4. The van der Waals surface area contributed by atoms with E-state index in [0.29, 0.717) is 11.8 Å². The monoisotopic (exact) mass is 384 g/mol. The van der Waals surface area contributed by atoms with Crippen LogP contribution in [0.5, 0.6) is 0 Å². The van der Waals surface area contributed by atoms with E-state index in [4.69, 9.17) is 0 Å². The quantitative estimate of drug-likeness (QED) is 0.470. The van der Waals surface area contributed by atoms with Crippen LogP contribution in [0.15, 0.2) is 76.5 Å². The van der Waals surface area contributed by atoms with E-state index < -0.39 is 21.5 Å². The van der Waals surface area contributed by atoms with E-state index in [1.165, 1.54) is 48.6 Å². The van der Waals surface area contributed by atoms with E-state index in [1.54, 1.807) is 18.2 Å². The zero-order chi connectivity index (χ0) is 19.4. The predicted molar refractivity (Wildman–Crippen MR) is 99.0 cm³/mol. The van der Waals surface area contributed by atoms with Gasteiger partial charge in [-0.15, -0.1) is 0 Å². The SMILES string of the molecule is O=Cc1cc(/C=C/c2ccc(F)cc2F)ccc1S(=O)(=O)c1ccccc1. The largest absolute Gasteiger partial charge is 0.298 e. The first-order valence-corrected chi connectivity index (χ1v) is 9.42. The Balaban J connectivity index is 1.98. The Labute approximate surface area is 155 Å². The molecule has 0 heterocycles. The molecule has 136 valence electrons. The number of carbonyl (C=O) groups excluding carboxylic acids is 1. The van der Waals surface area contributed by atoms with Crippen LogP contribution in [0.25, 0.3) is 12.2 Å². The van der Waals surface area contributed by atoms with Crippen LogP contribution < -0.4 is 0 Å². The average molecular weight is 384 g/mol. The van der Waals surface area contributed by atoms with Gasteiger partial charge in [-0.25, -0.2) is 17.2 Å². The zero-order valence-electron chi connectivity index (χ0n) is 14.0. The molecule has 27 heavy (non-hydrogen) atoms. The molecule has 0 amide bonds. The molecule has 0 aliphatic carbocycles. The van der Waals surface area contributed by atoms with Gasteiger partial charge in [0.1, 0.15) is 11.6 Å². The van der Waals surface area contributed by atoms with Crippen molar-refractivity contribution < 1.29 is 22.0 Å². The van der Waals surface area contributed by atoms with Crippen LogP contribution in [0.2, 0.25) is 0 Å². The Kier molecular flexibility index (Phi) is 5.28. The van der Waals surface area contributed by atoms with Crippen molar-refractivity contribution in [2.24, 2.45) is 0 Å². The summed E-state index contributed by atoms with van der Waals surface area (Å²) >= 11 is 0. The van der Waals surface area contributed by atoms with Crippen molar-refractivity contribution in [2.75, 3.05) is 0 Å². The second-order valence-corrected chi connectivity index (χ2v) is 7.65. The fourth-order valence-corrected chi connectivity index (χ4v) is 3.99. The van der Waals surface area contributed by atoms with Crippen LogP contribution in [0, 0.1) is 11.6 Å². The van der Waals surface area contributed by atoms with Gasteiger partial charge in [-0.2, -0.15) is 0 Å². The average Bonchev–Trinajstić information content (AvgIpc) is 2.67. The second-order valence-electron chi connectivity index (χ2n) is 5.73. The standard InChI is InChI=1S/C21H14F2O3S/c22-18-10-9-16(20(23)13-18)8-6-15-7-11-21(17(12-15)14-24)27(25,26)19-4-2-1-3-5-19/h1-14H/b8-6+. The number of sulfone groups is 1. The first kappa shape index (κ1) is 18.7. The van der Waals surface area contributed by atoms with E-state index >= 15 is 0 Å². The van der Waals surface area contributed by atoms with Crippen molar-refractivity contribution in [3.63, 3.8) is 0 Å².